The number of nitrogens with zero attached hydrogens (tertiary/aromatic N) is 2. The largest absolute Gasteiger partial charge is 0.497 e. The molecule has 1 aliphatic heterocycles. The van der Waals surface area contributed by atoms with Crippen molar-refractivity contribution in [1.29, 1.82) is 0 Å². The van der Waals surface area contributed by atoms with Crippen LogP contribution in [0, 0.1) is 6.92 Å². The lowest BCUT2D eigenvalue weighted by atomic mass is 10.1. The molecule has 0 radical (unpaired) electrons. The van der Waals surface area contributed by atoms with Crippen molar-refractivity contribution < 1.29 is 19.1 Å². The van der Waals surface area contributed by atoms with E-state index in [9.17, 15) is 9.59 Å². The molecule has 1 fully saturated rings. The molecule has 0 unspecified atom stereocenters. The zero-order valence-corrected chi connectivity index (χ0v) is 18.0. The second-order valence-corrected chi connectivity index (χ2v) is 7.71. The Morgan fingerprint density at radius 1 is 0.862 bits per heavy atom. The van der Waals surface area contributed by atoms with Gasteiger partial charge in [-0.2, -0.15) is 0 Å². The number of carbonyl (C=O) groups is 2. The molecule has 0 aromatic heterocycles. The Hall–Kier alpha value is -2.67. The maximum atomic E-state index is 13.0. The van der Waals surface area contributed by atoms with Crippen LogP contribution >= 0.6 is 11.8 Å². The molecular formula is C22H26N2O4S. The molecule has 154 valence electrons. The summed E-state index contributed by atoms with van der Waals surface area (Å²) >= 11 is 1.62. The van der Waals surface area contributed by atoms with Gasteiger partial charge in [-0.15, -0.1) is 11.8 Å². The summed E-state index contributed by atoms with van der Waals surface area (Å²) < 4.78 is 10.6. The predicted molar refractivity (Wildman–Crippen MR) is 114 cm³/mol. The second-order valence-electron chi connectivity index (χ2n) is 6.83. The van der Waals surface area contributed by atoms with Crippen LogP contribution in [0.3, 0.4) is 0 Å². The van der Waals surface area contributed by atoms with Crippen LogP contribution < -0.4 is 9.47 Å². The monoisotopic (exact) mass is 414 g/mol. The molecular weight excluding hydrogens is 388 g/mol. The van der Waals surface area contributed by atoms with Gasteiger partial charge in [0.05, 0.1) is 19.8 Å². The lowest BCUT2D eigenvalue weighted by molar-refractivity contribution is 0.0533. The highest BCUT2D eigenvalue weighted by atomic mass is 32.2. The highest BCUT2D eigenvalue weighted by Gasteiger charge is 2.27. The number of amides is 2. The summed E-state index contributed by atoms with van der Waals surface area (Å²) in [4.78, 5) is 30.6. The highest BCUT2D eigenvalue weighted by Crippen LogP contribution is 2.26. The molecule has 2 aromatic rings. The first kappa shape index (κ1) is 21.0. The van der Waals surface area contributed by atoms with E-state index in [4.69, 9.17) is 9.47 Å². The fraction of sp³-hybridized carbons (Fsp3) is 0.364. The molecule has 1 saturated heterocycles. The number of carbonyl (C=O) groups excluding carboxylic acids is 2. The van der Waals surface area contributed by atoms with Gasteiger partial charge < -0.3 is 19.3 Å². The third-order valence-corrected chi connectivity index (χ3v) is 5.89. The molecule has 2 amide bonds. The molecule has 0 N–H and O–H groups in total. The summed E-state index contributed by atoms with van der Waals surface area (Å²) in [5.74, 6) is 1.04. The standard InChI is InChI=1S/C22H26N2O4S/c1-15-5-7-17(29-4)14-19(15)22(26)24-11-9-23(10-12-24)21(25)18-8-6-16(27-2)13-20(18)28-3/h5-8,13-14H,9-12H2,1-4H3. The molecule has 0 spiro atoms. The van der Waals surface area contributed by atoms with E-state index in [1.807, 2.05) is 36.3 Å². The molecule has 6 nitrogen and oxygen atoms in total. The minimum absolute atomic E-state index is 0.0209. The SMILES string of the molecule is COc1ccc(C(=O)N2CCN(C(=O)c3cc(SC)ccc3C)CC2)c(OC)c1. The summed E-state index contributed by atoms with van der Waals surface area (Å²) in [6.07, 6.45) is 2.00. The number of rotatable bonds is 5. The Kier molecular flexibility index (Phi) is 6.69. The van der Waals surface area contributed by atoms with E-state index in [1.165, 1.54) is 7.11 Å². The molecule has 29 heavy (non-hydrogen) atoms. The van der Waals surface area contributed by atoms with E-state index in [0.717, 1.165) is 16.0 Å². The fourth-order valence-electron chi connectivity index (χ4n) is 3.39. The number of hydrogen-bond acceptors (Lipinski definition) is 5. The van der Waals surface area contributed by atoms with Gasteiger partial charge in [0.2, 0.25) is 0 Å². The average Bonchev–Trinajstić information content (AvgIpc) is 2.78. The van der Waals surface area contributed by atoms with Gasteiger partial charge in [-0.1, -0.05) is 6.07 Å². The summed E-state index contributed by atoms with van der Waals surface area (Å²) in [6.45, 7) is 3.94. The quantitative estimate of drug-likeness (QED) is 0.703. The van der Waals surface area contributed by atoms with Crippen LogP contribution in [0.25, 0.3) is 0 Å². The highest BCUT2D eigenvalue weighted by molar-refractivity contribution is 7.98. The molecule has 0 aliphatic carbocycles. The smallest absolute Gasteiger partial charge is 0.257 e. The number of aryl methyl sites for hydroxylation is 1. The Balaban J connectivity index is 1.69. The number of thioether (sulfide) groups is 1. The average molecular weight is 415 g/mol. The number of benzene rings is 2. The van der Waals surface area contributed by atoms with Gasteiger partial charge in [-0.3, -0.25) is 9.59 Å². The summed E-state index contributed by atoms with van der Waals surface area (Å²) in [5.41, 5.74) is 2.19. The molecule has 1 heterocycles. The van der Waals surface area contributed by atoms with Crippen LogP contribution in [0.5, 0.6) is 11.5 Å². The third kappa shape index (κ3) is 4.50. The van der Waals surface area contributed by atoms with Crippen molar-refractivity contribution in [2.45, 2.75) is 11.8 Å². The van der Waals surface area contributed by atoms with Crippen molar-refractivity contribution in [2.24, 2.45) is 0 Å². The summed E-state index contributed by atoms with van der Waals surface area (Å²) in [7, 11) is 3.11. The molecule has 7 heteroatoms. The molecule has 0 bridgehead atoms. The van der Waals surface area contributed by atoms with Crippen LogP contribution in [-0.4, -0.2) is 68.3 Å². The molecule has 3 rings (SSSR count). The Morgan fingerprint density at radius 2 is 1.48 bits per heavy atom. The first-order valence-corrected chi connectivity index (χ1v) is 10.7. The van der Waals surface area contributed by atoms with Crippen LogP contribution in [0.1, 0.15) is 26.3 Å². The van der Waals surface area contributed by atoms with Crippen molar-refractivity contribution in [2.75, 3.05) is 46.7 Å². The maximum absolute atomic E-state index is 13.0. The minimum Gasteiger partial charge on any atom is -0.497 e. The van der Waals surface area contributed by atoms with E-state index in [0.29, 0.717) is 43.2 Å². The predicted octanol–water partition coefficient (Wildman–Crippen LogP) is 3.33. The van der Waals surface area contributed by atoms with Gasteiger partial charge >= 0.3 is 0 Å². The van der Waals surface area contributed by atoms with Crippen LogP contribution in [0.2, 0.25) is 0 Å². The van der Waals surface area contributed by atoms with Crippen molar-refractivity contribution in [3.8, 4) is 11.5 Å². The molecule has 2 aromatic carbocycles. The normalized spacial score (nSPS) is 13.9. The molecule has 1 aliphatic rings. The fourth-order valence-corrected chi connectivity index (χ4v) is 3.83. The van der Waals surface area contributed by atoms with E-state index in [1.54, 1.807) is 42.0 Å². The summed E-state index contributed by atoms with van der Waals surface area (Å²) in [5, 5.41) is 0. The zero-order chi connectivity index (χ0) is 21.0. The Morgan fingerprint density at radius 3 is 2.03 bits per heavy atom. The van der Waals surface area contributed by atoms with Crippen molar-refractivity contribution in [1.82, 2.24) is 9.80 Å². The van der Waals surface area contributed by atoms with Crippen molar-refractivity contribution in [3.63, 3.8) is 0 Å². The summed E-state index contributed by atoms with van der Waals surface area (Å²) in [6, 6.07) is 11.1. The second kappa shape index (κ2) is 9.22. The van der Waals surface area contributed by atoms with Crippen LogP contribution in [0.15, 0.2) is 41.3 Å². The van der Waals surface area contributed by atoms with Crippen molar-refractivity contribution in [3.05, 3.63) is 53.1 Å². The van der Waals surface area contributed by atoms with Gasteiger partial charge in [0, 0.05) is 42.7 Å². The van der Waals surface area contributed by atoms with Gasteiger partial charge in [0.25, 0.3) is 11.8 Å². The third-order valence-electron chi connectivity index (χ3n) is 5.17. The van der Waals surface area contributed by atoms with E-state index in [-0.39, 0.29) is 11.8 Å². The van der Waals surface area contributed by atoms with E-state index in [2.05, 4.69) is 0 Å². The van der Waals surface area contributed by atoms with Crippen LogP contribution in [-0.2, 0) is 0 Å². The number of methoxy groups -OCH3 is 2. The molecule has 0 saturated carbocycles. The first-order valence-electron chi connectivity index (χ1n) is 9.43. The number of piperazine rings is 1. The minimum atomic E-state index is -0.0998. The Labute approximate surface area is 175 Å². The zero-order valence-electron chi connectivity index (χ0n) is 17.2. The number of hydrogen-bond donors (Lipinski definition) is 0. The van der Waals surface area contributed by atoms with Crippen LogP contribution in [0.4, 0.5) is 0 Å². The molecule has 0 atom stereocenters. The van der Waals surface area contributed by atoms with Gasteiger partial charge in [-0.05, 0) is 43.0 Å². The van der Waals surface area contributed by atoms with Gasteiger partial charge in [-0.25, -0.2) is 0 Å². The maximum Gasteiger partial charge on any atom is 0.257 e. The van der Waals surface area contributed by atoms with Gasteiger partial charge in [0.1, 0.15) is 11.5 Å². The van der Waals surface area contributed by atoms with E-state index < -0.39 is 0 Å². The topological polar surface area (TPSA) is 59.1 Å². The lowest BCUT2D eigenvalue weighted by Gasteiger charge is -2.35. The van der Waals surface area contributed by atoms with Crippen molar-refractivity contribution >= 4 is 23.6 Å². The van der Waals surface area contributed by atoms with E-state index >= 15 is 0 Å². The van der Waals surface area contributed by atoms with Gasteiger partial charge in [0.15, 0.2) is 0 Å². The Bertz CT molecular complexity index is 908. The number of ether oxygens (including phenoxy) is 2. The lowest BCUT2D eigenvalue weighted by Crippen LogP contribution is -2.50. The first-order chi connectivity index (χ1) is 14.0.